The number of nitrogens with one attached hydrogen (secondary N) is 1. The van der Waals surface area contributed by atoms with Gasteiger partial charge >= 0.3 is 0 Å². The molecule has 1 saturated heterocycles. The molecule has 0 bridgehead atoms. The first-order valence-electron chi connectivity index (χ1n) is 11.8. The molecular formula is C28H30FNO6. The Balaban J connectivity index is 1.62. The smallest absolute Gasteiger partial charge is 0.229 e. The Kier molecular flexibility index (Phi) is 8.32. The minimum absolute atomic E-state index is 0.133. The van der Waals surface area contributed by atoms with Crippen molar-refractivity contribution in [2.24, 2.45) is 0 Å². The van der Waals surface area contributed by atoms with Gasteiger partial charge in [-0.3, -0.25) is 4.79 Å². The van der Waals surface area contributed by atoms with Crippen molar-refractivity contribution in [3.63, 3.8) is 0 Å². The summed E-state index contributed by atoms with van der Waals surface area (Å²) >= 11 is 0. The number of rotatable bonds is 8. The largest absolute Gasteiger partial charge is 0.462 e. The van der Waals surface area contributed by atoms with E-state index in [4.69, 9.17) is 14.2 Å². The summed E-state index contributed by atoms with van der Waals surface area (Å²) in [6.07, 6.45) is -4.73. The first-order valence-corrected chi connectivity index (χ1v) is 11.8. The summed E-state index contributed by atoms with van der Waals surface area (Å²) in [5.41, 5.74) is 3.02. The molecule has 36 heavy (non-hydrogen) atoms. The molecule has 1 heterocycles. The van der Waals surface area contributed by atoms with Crippen LogP contribution in [-0.4, -0.2) is 54.4 Å². The normalized spacial score (nSPS) is 23.8. The molecule has 0 saturated carbocycles. The van der Waals surface area contributed by atoms with E-state index in [1.807, 2.05) is 36.4 Å². The minimum atomic E-state index is -1.37. The molecule has 3 aromatic rings. The van der Waals surface area contributed by atoms with E-state index >= 15 is 0 Å². The first-order chi connectivity index (χ1) is 17.4. The Hall–Kier alpha value is -3.30. The lowest BCUT2D eigenvalue weighted by Gasteiger charge is -2.42. The first kappa shape index (κ1) is 25.8. The molecule has 7 nitrogen and oxygen atoms in total. The molecule has 0 spiro atoms. The van der Waals surface area contributed by atoms with Gasteiger partial charge in [-0.15, -0.1) is 0 Å². The molecule has 1 aliphatic heterocycles. The molecule has 0 unspecified atom stereocenters. The highest BCUT2D eigenvalue weighted by atomic mass is 19.1. The van der Waals surface area contributed by atoms with Gasteiger partial charge in [-0.05, 0) is 52.9 Å². The van der Waals surface area contributed by atoms with Crippen LogP contribution >= 0.6 is 0 Å². The maximum absolute atomic E-state index is 14.0. The Bertz CT molecular complexity index is 1170. The molecule has 4 rings (SSSR count). The van der Waals surface area contributed by atoms with Crippen LogP contribution < -0.4 is 10.1 Å². The van der Waals surface area contributed by atoms with E-state index in [-0.39, 0.29) is 11.7 Å². The van der Waals surface area contributed by atoms with Crippen molar-refractivity contribution in [2.75, 3.05) is 13.7 Å². The number of aliphatic hydroxyl groups is 2. The molecule has 0 aliphatic carbocycles. The van der Waals surface area contributed by atoms with Crippen molar-refractivity contribution in [1.29, 1.82) is 0 Å². The summed E-state index contributed by atoms with van der Waals surface area (Å²) in [6, 6.07) is 20.8. The lowest BCUT2D eigenvalue weighted by atomic mass is 9.93. The Morgan fingerprint density at radius 3 is 2.50 bits per heavy atom. The highest BCUT2D eigenvalue weighted by Gasteiger charge is 2.46. The number of ether oxygens (including phenoxy) is 3. The second-order valence-electron chi connectivity index (χ2n) is 8.70. The van der Waals surface area contributed by atoms with Gasteiger partial charge in [0.15, 0.2) is 0 Å². The second-order valence-corrected chi connectivity index (χ2v) is 8.70. The number of hydrogen-bond donors (Lipinski definition) is 3. The molecule has 190 valence electrons. The maximum Gasteiger partial charge on any atom is 0.229 e. The maximum atomic E-state index is 14.0. The Labute approximate surface area is 209 Å². The van der Waals surface area contributed by atoms with Crippen molar-refractivity contribution in [3.8, 4) is 16.9 Å². The minimum Gasteiger partial charge on any atom is -0.462 e. The van der Waals surface area contributed by atoms with E-state index in [0.29, 0.717) is 24.3 Å². The lowest BCUT2D eigenvalue weighted by Crippen LogP contribution is -2.56. The summed E-state index contributed by atoms with van der Waals surface area (Å²) < 4.78 is 31.6. The standard InChI is InChI=1S/C28H30FNO6/c1-17(31)30-14-13-18-11-12-22(16-23(18)20-9-6-10-21(29)15-20)35-28-25(33)24(32)27(34-2)26(36-28)19-7-4-3-5-8-19/h3-12,15-16,24-28,32-33H,13-14H2,1-2H3,(H,30,31)/t24-,25+,26-,27+,28+/m0/s1. The predicted molar refractivity (Wildman–Crippen MR) is 132 cm³/mol. The molecule has 0 aromatic heterocycles. The van der Waals surface area contributed by atoms with Gasteiger partial charge in [-0.1, -0.05) is 48.5 Å². The molecule has 0 radical (unpaired) electrons. The van der Waals surface area contributed by atoms with Gasteiger partial charge in [0.2, 0.25) is 12.2 Å². The van der Waals surface area contributed by atoms with Crippen molar-refractivity contribution >= 4 is 5.91 Å². The van der Waals surface area contributed by atoms with Gasteiger partial charge in [0.1, 0.15) is 36.0 Å². The summed E-state index contributed by atoms with van der Waals surface area (Å²) in [5.74, 6) is -0.139. The number of hydrogen-bond acceptors (Lipinski definition) is 6. The van der Waals surface area contributed by atoms with Crippen LogP contribution in [0.25, 0.3) is 11.1 Å². The average molecular weight is 496 g/mol. The van der Waals surface area contributed by atoms with Crippen molar-refractivity contribution in [2.45, 2.75) is 44.1 Å². The van der Waals surface area contributed by atoms with Gasteiger partial charge in [0, 0.05) is 20.6 Å². The van der Waals surface area contributed by atoms with E-state index in [2.05, 4.69) is 5.32 Å². The van der Waals surface area contributed by atoms with Crippen molar-refractivity contribution in [1.82, 2.24) is 5.32 Å². The fourth-order valence-electron chi connectivity index (χ4n) is 4.39. The molecule has 8 heteroatoms. The van der Waals surface area contributed by atoms with E-state index in [1.54, 1.807) is 24.3 Å². The fourth-order valence-corrected chi connectivity index (χ4v) is 4.39. The summed E-state index contributed by atoms with van der Waals surface area (Å²) in [7, 11) is 1.45. The SMILES string of the molecule is CO[C@@H]1[C@@H](O)[C@@H](O)[C@H](Oc2ccc(CCNC(C)=O)c(-c3cccc(F)c3)c2)O[C@H]1c1ccccc1. The fraction of sp³-hybridized carbons (Fsp3) is 0.321. The van der Waals surface area contributed by atoms with Crippen LogP contribution in [0.2, 0.25) is 0 Å². The zero-order chi connectivity index (χ0) is 25.7. The lowest BCUT2D eigenvalue weighted by molar-refractivity contribution is -0.279. The molecule has 1 aliphatic rings. The highest BCUT2D eigenvalue weighted by Crippen LogP contribution is 2.36. The van der Waals surface area contributed by atoms with Gasteiger partial charge < -0.3 is 29.7 Å². The number of methoxy groups -OCH3 is 1. The third-order valence-electron chi connectivity index (χ3n) is 6.18. The summed E-state index contributed by atoms with van der Waals surface area (Å²) in [4.78, 5) is 11.3. The quantitative estimate of drug-likeness (QED) is 0.443. The average Bonchev–Trinajstić information content (AvgIpc) is 2.87. The molecule has 5 atom stereocenters. The van der Waals surface area contributed by atoms with Crippen LogP contribution in [0.4, 0.5) is 4.39 Å². The Morgan fingerprint density at radius 1 is 1.03 bits per heavy atom. The molecule has 3 N–H and O–H groups in total. The molecule has 3 aromatic carbocycles. The van der Waals surface area contributed by atoms with E-state index < -0.39 is 30.7 Å². The molecule has 1 amide bonds. The van der Waals surface area contributed by atoms with Crippen molar-refractivity contribution < 1.29 is 33.6 Å². The number of carbonyl (C=O) groups excluding carboxylic acids is 1. The third kappa shape index (κ3) is 5.91. The number of carbonyl (C=O) groups is 1. The summed E-state index contributed by atoms with van der Waals surface area (Å²) in [6.45, 7) is 1.87. The van der Waals surface area contributed by atoms with E-state index in [0.717, 1.165) is 16.7 Å². The number of benzene rings is 3. The number of aliphatic hydroxyl groups excluding tert-OH is 2. The van der Waals surface area contributed by atoms with Gasteiger partial charge in [-0.2, -0.15) is 0 Å². The monoisotopic (exact) mass is 495 g/mol. The van der Waals surface area contributed by atoms with Crippen molar-refractivity contribution in [3.05, 3.63) is 89.7 Å². The van der Waals surface area contributed by atoms with Crippen LogP contribution in [0.15, 0.2) is 72.8 Å². The third-order valence-corrected chi connectivity index (χ3v) is 6.18. The van der Waals surface area contributed by atoms with Gasteiger partial charge in [0.25, 0.3) is 0 Å². The van der Waals surface area contributed by atoms with Crippen LogP contribution in [0.3, 0.4) is 0 Å². The Morgan fingerprint density at radius 2 is 1.81 bits per heavy atom. The second kappa shape index (κ2) is 11.6. The number of amides is 1. The number of halogens is 1. The van der Waals surface area contributed by atoms with Crippen LogP contribution in [0.1, 0.15) is 24.2 Å². The summed E-state index contributed by atoms with van der Waals surface area (Å²) in [5, 5.41) is 24.3. The van der Waals surface area contributed by atoms with E-state index in [9.17, 15) is 19.4 Å². The molecular weight excluding hydrogens is 465 g/mol. The zero-order valence-electron chi connectivity index (χ0n) is 20.1. The zero-order valence-corrected chi connectivity index (χ0v) is 20.1. The topological polar surface area (TPSA) is 97.3 Å². The van der Waals surface area contributed by atoms with Gasteiger partial charge in [0.05, 0.1) is 0 Å². The van der Waals surface area contributed by atoms with E-state index in [1.165, 1.54) is 26.2 Å². The van der Waals surface area contributed by atoms with Crippen LogP contribution in [0, 0.1) is 5.82 Å². The highest BCUT2D eigenvalue weighted by molar-refractivity contribution is 5.73. The molecule has 1 fully saturated rings. The van der Waals surface area contributed by atoms with Crippen LogP contribution in [-0.2, 0) is 20.7 Å². The van der Waals surface area contributed by atoms with Crippen LogP contribution in [0.5, 0.6) is 5.75 Å². The van der Waals surface area contributed by atoms with Gasteiger partial charge in [-0.25, -0.2) is 4.39 Å². The predicted octanol–water partition coefficient (Wildman–Crippen LogP) is 3.38.